The van der Waals surface area contributed by atoms with Crippen molar-refractivity contribution in [3.63, 3.8) is 0 Å². The molecule has 2 N–H and O–H groups in total. The molecule has 0 spiro atoms. The fraction of sp³-hybridized carbons (Fsp3) is 0.875. The standard InChI is InChI=1S/C8H15NO5S/c10-8(11)3-4-9-15(12,13)6-7-2-1-5-14-7/h7,9H,1-6H2,(H,10,11). The van der Waals surface area contributed by atoms with E-state index in [1.165, 1.54) is 0 Å². The second-order valence-corrected chi connectivity index (χ2v) is 5.31. The number of rotatable bonds is 6. The first-order valence-corrected chi connectivity index (χ1v) is 6.45. The highest BCUT2D eigenvalue weighted by molar-refractivity contribution is 7.89. The minimum atomic E-state index is -3.40. The molecular formula is C8H15NO5S. The third-order valence-corrected chi connectivity index (χ3v) is 3.54. The minimum Gasteiger partial charge on any atom is -0.481 e. The molecule has 0 aromatic rings. The first-order valence-electron chi connectivity index (χ1n) is 4.80. The van der Waals surface area contributed by atoms with Crippen molar-refractivity contribution in [1.29, 1.82) is 0 Å². The summed E-state index contributed by atoms with van der Waals surface area (Å²) in [5, 5.41) is 8.34. The molecule has 1 fully saturated rings. The number of hydrogen-bond donors (Lipinski definition) is 2. The molecule has 0 aliphatic carbocycles. The van der Waals surface area contributed by atoms with Crippen molar-refractivity contribution in [2.45, 2.75) is 25.4 Å². The highest BCUT2D eigenvalue weighted by atomic mass is 32.2. The Balaban J connectivity index is 2.28. The van der Waals surface area contributed by atoms with E-state index in [2.05, 4.69) is 4.72 Å². The average Bonchev–Trinajstić information content (AvgIpc) is 2.54. The summed E-state index contributed by atoms with van der Waals surface area (Å²) in [6.45, 7) is 0.541. The molecule has 0 radical (unpaired) electrons. The van der Waals surface area contributed by atoms with Crippen LogP contribution in [-0.2, 0) is 19.6 Å². The lowest BCUT2D eigenvalue weighted by atomic mass is 10.3. The zero-order valence-corrected chi connectivity index (χ0v) is 9.12. The van der Waals surface area contributed by atoms with Gasteiger partial charge in [0.1, 0.15) is 0 Å². The van der Waals surface area contributed by atoms with E-state index in [9.17, 15) is 13.2 Å². The van der Waals surface area contributed by atoms with Gasteiger partial charge in [-0.05, 0) is 12.8 Å². The molecule has 0 bridgehead atoms. The predicted octanol–water partition coefficient (Wildman–Crippen LogP) is -0.440. The van der Waals surface area contributed by atoms with Crippen molar-refractivity contribution in [2.75, 3.05) is 18.9 Å². The van der Waals surface area contributed by atoms with Gasteiger partial charge in [-0.25, -0.2) is 13.1 Å². The van der Waals surface area contributed by atoms with Crippen LogP contribution in [0, 0.1) is 0 Å². The molecule has 1 rings (SSSR count). The van der Waals surface area contributed by atoms with E-state index < -0.39 is 16.0 Å². The Hall–Kier alpha value is -0.660. The molecule has 1 heterocycles. The summed E-state index contributed by atoms with van der Waals surface area (Å²) in [5.41, 5.74) is 0. The SMILES string of the molecule is O=C(O)CCNS(=O)(=O)CC1CCCO1. The Labute approximate surface area is 88.7 Å². The van der Waals surface area contributed by atoms with Crippen molar-refractivity contribution >= 4 is 16.0 Å². The van der Waals surface area contributed by atoms with Crippen LogP contribution in [0.2, 0.25) is 0 Å². The Bertz CT molecular complexity index is 307. The lowest BCUT2D eigenvalue weighted by molar-refractivity contribution is -0.136. The molecule has 1 aliphatic heterocycles. The Morgan fingerprint density at radius 3 is 2.80 bits per heavy atom. The number of carbonyl (C=O) groups is 1. The van der Waals surface area contributed by atoms with Gasteiger partial charge in [0.05, 0.1) is 18.3 Å². The number of nitrogens with one attached hydrogen (secondary N) is 1. The lowest BCUT2D eigenvalue weighted by Gasteiger charge is -2.10. The summed E-state index contributed by atoms with van der Waals surface area (Å²) in [4.78, 5) is 10.2. The second kappa shape index (κ2) is 5.43. The molecule has 88 valence electrons. The number of carboxylic acids is 1. The first-order chi connectivity index (χ1) is 6.99. The van der Waals surface area contributed by atoms with Crippen LogP contribution in [0.3, 0.4) is 0 Å². The van der Waals surface area contributed by atoms with Crippen LogP contribution < -0.4 is 4.72 Å². The van der Waals surface area contributed by atoms with Gasteiger partial charge in [0.2, 0.25) is 10.0 Å². The summed E-state index contributed by atoms with van der Waals surface area (Å²) >= 11 is 0. The van der Waals surface area contributed by atoms with E-state index >= 15 is 0 Å². The predicted molar refractivity (Wildman–Crippen MR) is 53.0 cm³/mol. The number of ether oxygens (including phenoxy) is 1. The second-order valence-electron chi connectivity index (χ2n) is 3.45. The van der Waals surface area contributed by atoms with E-state index in [0.717, 1.165) is 12.8 Å². The number of carboxylic acid groups (broad SMARTS) is 1. The van der Waals surface area contributed by atoms with Crippen molar-refractivity contribution in [1.82, 2.24) is 4.72 Å². The van der Waals surface area contributed by atoms with Crippen LogP contribution in [-0.4, -0.2) is 44.5 Å². The molecule has 0 saturated carbocycles. The number of sulfonamides is 1. The topological polar surface area (TPSA) is 92.7 Å². The van der Waals surface area contributed by atoms with Gasteiger partial charge >= 0.3 is 5.97 Å². The normalized spacial score (nSPS) is 21.7. The van der Waals surface area contributed by atoms with E-state index in [0.29, 0.717) is 6.61 Å². The molecule has 1 saturated heterocycles. The lowest BCUT2D eigenvalue weighted by Crippen LogP contribution is -2.33. The molecule has 0 amide bonds. The van der Waals surface area contributed by atoms with Crippen molar-refractivity contribution < 1.29 is 23.1 Å². The number of hydrogen-bond acceptors (Lipinski definition) is 4. The van der Waals surface area contributed by atoms with E-state index in [-0.39, 0.29) is 24.8 Å². The van der Waals surface area contributed by atoms with Gasteiger partial charge in [0.25, 0.3) is 0 Å². The van der Waals surface area contributed by atoms with Gasteiger partial charge in [0.15, 0.2) is 0 Å². The van der Waals surface area contributed by atoms with Gasteiger partial charge in [-0.1, -0.05) is 0 Å². The summed E-state index contributed by atoms with van der Waals surface area (Å²) in [7, 11) is -3.40. The maximum atomic E-state index is 11.4. The van der Waals surface area contributed by atoms with E-state index in [1.54, 1.807) is 0 Å². The van der Waals surface area contributed by atoms with E-state index in [1.807, 2.05) is 0 Å². The largest absolute Gasteiger partial charge is 0.481 e. The monoisotopic (exact) mass is 237 g/mol. The van der Waals surface area contributed by atoms with Gasteiger partial charge in [-0.3, -0.25) is 4.79 Å². The number of aliphatic carboxylic acids is 1. The Morgan fingerprint density at radius 2 is 2.27 bits per heavy atom. The van der Waals surface area contributed by atoms with E-state index in [4.69, 9.17) is 9.84 Å². The van der Waals surface area contributed by atoms with Crippen LogP contribution in [0.5, 0.6) is 0 Å². The van der Waals surface area contributed by atoms with Crippen molar-refractivity contribution in [3.8, 4) is 0 Å². The molecule has 1 atom stereocenters. The molecule has 6 nitrogen and oxygen atoms in total. The summed E-state index contributed by atoms with van der Waals surface area (Å²) in [6, 6.07) is 0. The fourth-order valence-corrected chi connectivity index (χ4v) is 2.68. The third kappa shape index (κ3) is 5.10. The van der Waals surface area contributed by atoms with Crippen molar-refractivity contribution in [3.05, 3.63) is 0 Å². The quantitative estimate of drug-likeness (QED) is 0.653. The van der Waals surface area contributed by atoms with Gasteiger partial charge in [0, 0.05) is 13.2 Å². The maximum absolute atomic E-state index is 11.4. The molecule has 1 aliphatic rings. The van der Waals surface area contributed by atoms with Crippen molar-refractivity contribution in [2.24, 2.45) is 0 Å². The molecule has 1 unspecified atom stereocenters. The zero-order valence-electron chi connectivity index (χ0n) is 8.31. The fourth-order valence-electron chi connectivity index (χ4n) is 1.39. The third-order valence-electron chi connectivity index (χ3n) is 2.09. The van der Waals surface area contributed by atoms with Crippen LogP contribution >= 0.6 is 0 Å². The highest BCUT2D eigenvalue weighted by Gasteiger charge is 2.22. The van der Waals surface area contributed by atoms with Gasteiger partial charge < -0.3 is 9.84 Å². The smallest absolute Gasteiger partial charge is 0.304 e. The zero-order chi connectivity index (χ0) is 11.3. The molecular weight excluding hydrogens is 222 g/mol. The Morgan fingerprint density at radius 1 is 1.53 bits per heavy atom. The van der Waals surface area contributed by atoms with Gasteiger partial charge in [-0.2, -0.15) is 0 Å². The summed E-state index contributed by atoms with van der Waals surface area (Å²) < 4.78 is 30.2. The molecule has 15 heavy (non-hydrogen) atoms. The molecule has 7 heteroatoms. The molecule has 0 aromatic heterocycles. The average molecular weight is 237 g/mol. The molecule has 0 aromatic carbocycles. The van der Waals surface area contributed by atoms with Crippen LogP contribution in [0.4, 0.5) is 0 Å². The van der Waals surface area contributed by atoms with Crippen LogP contribution in [0.15, 0.2) is 0 Å². The first kappa shape index (κ1) is 12.4. The summed E-state index contributed by atoms with van der Waals surface area (Å²) in [6.07, 6.45) is 1.19. The Kier molecular flexibility index (Phi) is 4.49. The highest BCUT2D eigenvalue weighted by Crippen LogP contribution is 2.13. The minimum absolute atomic E-state index is 0.0651. The summed E-state index contributed by atoms with van der Waals surface area (Å²) in [5.74, 6) is -1.10. The van der Waals surface area contributed by atoms with Gasteiger partial charge in [-0.15, -0.1) is 0 Å². The van der Waals surface area contributed by atoms with Crippen LogP contribution in [0.1, 0.15) is 19.3 Å². The van der Waals surface area contributed by atoms with Crippen LogP contribution in [0.25, 0.3) is 0 Å². The maximum Gasteiger partial charge on any atom is 0.304 e.